The molecule has 0 unspecified atom stereocenters. The van der Waals surface area contributed by atoms with Crippen molar-refractivity contribution in [2.75, 3.05) is 49.6 Å². The van der Waals surface area contributed by atoms with Gasteiger partial charge in [-0.2, -0.15) is 16.9 Å². The van der Waals surface area contributed by atoms with Crippen molar-refractivity contribution in [3.63, 3.8) is 0 Å². The molecule has 35 heavy (non-hydrogen) atoms. The van der Waals surface area contributed by atoms with Crippen molar-refractivity contribution < 1.29 is 14.3 Å². The molecule has 1 fully saturated rings. The van der Waals surface area contributed by atoms with Gasteiger partial charge in [0.15, 0.2) is 0 Å². The number of carbonyl (C=O) groups excluding carboxylic acids is 2. The number of esters is 1. The molecule has 2 heterocycles. The standard InChI is InChI=1S/C27H34N4O3S/c1-2-3-14-34-26(32)20-30-11-10-22-17-23(6-7-24(22)19-30)27(33)29-25-8-4-21(5-9-25)18-28-31-12-15-35-16-13-31/h4-9,17-18H,2-3,10-16,19-20H2,1H3,(H,29,33)/b28-18+. The Hall–Kier alpha value is -2.84. The summed E-state index contributed by atoms with van der Waals surface area (Å²) in [7, 11) is 0. The van der Waals surface area contributed by atoms with Crippen LogP contribution >= 0.6 is 11.8 Å². The summed E-state index contributed by atoms with van der Waals surface area (Å²) >= 11 is 1.96. The van der Waals surface area contributed by atoms with Gasteiger partial charge < -0.3 is 10.1 Å². The van der Waals surface area contributed by atoms with Gasteiger partial charge in [-0.1, -0.05) is 31.5 Å². The Morgan fingerprint density at radius 2 is 1.89 bits per heavy atom. The Morgan fingerprint density at radius 3 is 2.66 bits per heavy atom. The molecular weight excluding hydrogens is 460 g/mol. The number of hydrogen-bond donors (Lipinski definition) is 1. The second-order valence-corrected chi connectivity index (χ2v) is 10.1. The SMILES string of the molecule is CCCCOC(=O)CN1CCc2cc(C(=O)Nc3ccc(/C=N/N4CCSCC4)cc3)ccc2C1. The van der Waals surface area contributed by atoms with E-state index in [2.05, 4.69) is 27.3 Å². The number of unbranched alkanes of at least 4 members (excludes halogenated alkanes) is 1. The van der Waals surface area contributed by atoms with E-state index in [-0.39, 0.29) is 11.9 Å². The first-order valence-electron chi connectivity index (χ1n) is 12.4. The van der Waals surface area contributed by atoms with Crippen molar-refractivity contribution in [2.24, 2.45) is 5.10 Å². The highest BCUT2D eigenvalue weighted by Gasteiger charge is 2.20. The second kappa shape index (κ2) is 12.7. The zero-order valence-electron chi connectivity index (χ0n) is 20.4. The normalized spacial score (nSPS) is 16.2. The molecule has 2 aromatic carbocycles. The molecule has 4 rings (SSSR count). The average molecular weight is 495 g/mol. The van der Waals surface area contributed by atoms with Gasteiger partial charge in [0.2, 0.25) is 0 Å². The largest absolute Gasteiger partial charge is 0.465 e. The molecule has 0 aliphatic carbocycles. The fraction of sp³-hybridized carbons (Fsp3) is 0.444. The molecule has 0 radical (unpaired) electrons. The summed E-state index contributed by atoms with van der Waals surface area (Å²) in [4.78, 5) is 27.0. The summed E-state index contributed by atoms with van der Waals surface area (Å²) in [5, 5.41) is 9.64. The van der Waals surface area contributed by atoms with Gasteiger partial charge in [0.05, 0.1) is 19.4 Å². The van der Waals surface area contributed by atoms with Crippen molar-refractivity contribution >= 4 is 35.5 Å². The molecule has 1 N–H and O–H groups in total. The van der Waals surface area contributed by atoms with E-state index in [0.717, 1.165) is 72.8 Å². The van der Waals surface area contributed by atoms with E-state index in [1.54, 1.807) is 0 Å². The fourth-order valence-electron chi connectivity index (χ4n) is 4.12. The van der Waals surface area contributed by atoms with Gasteiger partial charge in [0.25, 0.3) is 5.91 Å². The number of hydrazone groups is 1. The lowest BCUT2D eigenvalue weighted by Gasteiger charge is -2.28. The highest BCUT2D eigenvalue weighted by atomic mass is 32.2. The second-order valence-electron chi connectivity index (χ2n) is 8.90. The van der Waals surface area contributed by atoms with Crippen LogP contribution in [-0.2, 0) is 22.5 Å². The van der Waals surface area contributed by atoms with Gasteiger partial charge in [-0.25, -0.2) is 0 Å². The first-order valence-corrected chi connectivity index (χ1v) is 13.5. The molecule has 0 bridgehead atoms. The van der Waals surface area contributed by atoms with E-state index in [1.807, 2.05) is 60.4 Å². The molecule has 8 heteroatoms. The van der Waals surface area contributed by atoms with Gasteiger partial charge in [-0.15, -0.1) is 0 Å². The lowest BCUT2D eigenvalue weighted by Crippen LogP contribution is -2.35. The van der Waals surface area contributed by atoms with Crippen LogP contribution in [-0.4, -0.2) is 72.3 Å². The number of thioether (sulfide) groups is 1. The Kier molecular flexibility index (Phi) is 9.20. The monoisotopic (exact) mass is 494 g/mol. The van der Waals surface area contributed by atoms with E-state index >= 15 is 0 Å². The zero-order chi connectivity index (χ0) is 24.5. The minimum Gasteiger partial charge on any atom is -0.465 e. The van der Waals surface area contributed by atoms with Gasteiger partial charge in [-0.05, 0) is 53.8 Å². The summed E-state index contributed by atoms with van der Waals surface area (Å²) in [5.74, 6) is 1.95. The molecular formula is C27H34N4O3S. The Labute approximate surface area is 211 Å². The Morgan fingerprint density at radius 1 is 1.09 bits per heavy atom. The van der Waals surface area contributed by atoms with E-state index in [1.165, 1.54) is 0 Å². The van der Waals surface area contributed by atoms with Crippen LogP contribution < -0.4 is 5.32 Å². The Bertz CT molecular complexity index is 1040. The molecule has 0 atom stereocenters. The number of rotatable bonds is 9. The Balaban J connectivity index is 1.29. The van der Waals surface area contributed by atoms with E-state index < -0.39 is 0 Å². The molecule has 186 valence electrons. The van der Waals surface area contributed by atoms with Crippen molar-refractivity contribution in [1.82, 2.24) is 9.91 Å². The number of carbonyl (C=O) groups is 2. The van der Waals surface area contributed by atoms with Crippen molar-refractivity contribution in [3.05, 3.63) is 64.7 Å². The van der Waals surface area contributed by atoms with Crippen LogP contribution in [0, 0.1) is 0 Å². The van der Waals surface area contributed by atoms with Gasteiger partial charge in [0.1, 0.15) is 0 Å². The van der Waals surface area contributed by atoms with Crippen molar-refractivity contribution in [3.8, 4) is 0 Å². The summed E-state index contributed by atoms with van der Waals surface area (Å²) in [5.41, 5.74) is 4.73. The molecule has 2 aliphatic heterocycles. The number of benzene rings is 2. The third kappa shape index (κ3) is 7.57. The van der Waals surface area contributed by atoms with Crippen molar-refractivity contribution in [1.29, 1.82) is 0 Å². The maximum atomic E-state index is 12.8. The van der Waals surface area contributed by atoms with Gasteiger partial charge in [0, 0.05) is 48.9 Å². The maximum absolute atomic E-state index is 12.8. The van der Waals surface area contributed by atoms with Crippen LogP contribution in [0.15, 0.2) is 47.6 Å². The summed E-state index contributed by atoms with van der Waals surface area (Å²) in [6.07, 6.45) is 4.59. The molecule has 1 amide bonds. The topological polar surface area (TPSA) is 74.2 Å². The molecule has 2 aliphatic rings. The molecule has 0 aromatic heterocycles. The summed E-state index contributed by atoms with van der Waals surface area (Å²) < 4.78 is 5.29. The number of fused-ring (bicyclic) bond motifs is 1. The highest BCUT2D eigenvalue weighted by molar-refractivity contribution is 7.99. The first-order chi connectivity index (χ1) is 17.1. The van der Waals surface area contributed by atoms with Gasteiger partial charge in [-0.3, -0.25) is 19.5 Å². The molecule has 7 nitrogen and oxygen atoms in total. The highest BCUT2D eigenvalue weighted by Crippen LogP contribution is 2.21. The van der Waals surface area contributed by atoms with Crippen LogP contribution in [0.3, 0.4) is 0 Å². The predicted octanol–water partition coefficient (Wildman–Crippen LogP) is 4.02. The van der Waals surface area contributed by atoms with Gasteiger partial charge >= 0.3 is 5.97 Å². The molecule has 0 spiro atoms. The van der Waals surface area contributed by atoms with E-state index in [0.29, 0.717) is 25.3 Å². The number of anilines is 1. The third-order valence-electron chi connectivity index (χ3n) is 6.20. The van der Waals surface area contributed by atoms with Crippen LogP contribution in [0.2, 0.25) is 0 Å². The zero-order valence-corrected chi connectivity index (χ0v) is 21.2. The number of ether oxygens (including phenoxy) is 1. The van der Waals surface area contributed by atoms with E-state index in [9.17, 15) is 9.59 Å². The quantitative estimate of drug-likeness (QED) is 0.322. The van der Waals surface area contributed by atoms with Crippen LogP contribution in [0.1, 0.15) is 46.8 Å². The smallest absolute Gasteiger partial charge is 0.320 e. The summed E-state index contributed by atoms with van der Waals surface area (Å²) in [6, 6.07) is 13.6. The van der Waals surface area contributed by atoms with Crippen LogP contribution in [0.5, 0.6) is 0 Å². The summed E-state index contributed by atoms with van der Waals surface area (Å²) in [6.45, 7) is 6.32. The number of amides is 1. The molecule has 2 aromatic rings. The molecule has 0 saturated carbocycles. The van der Waals surface area contributed by atoms with E-state index in [4.69, 9.17) is 4.74 Å². The number of nitrogens with zero attached hydrogens (tertiary/aromatic N) is 3. The van der Waals surface area contributed by atoms with Crippen LogP contribution in [0.4, 0.5) is 5.69 Å². The lowest BCUT2D eigenvalue weighted by atomic mass is 9.97. The minimum absolute atomic E-state index is 0.123. The first kappa shape index (κ1) is 25.3. The average Bonchev–Trinajstić information content (AvgIpc) is 2.88. The fourth-order valence-corrected chi connectivity index (χ4v) is 5.00. The third-order valence-corrected chi connectivity index (χ3v) is 7.14. The predicted molar refractivity (Wildman–Crippen MR) is 142 cm³/mol. The molecule has 1 saturated heterocycles. The lowest BCUT2D eigenvalue weighted by molar-refractivity contribution is -0.145. The van der Waals surface area contributed by atoms with Crippen molar-refractivity contribution in [2.45, 2.75) is 32.7 Å². The van der Waals surface area contributed by atoms with Crippen LogP contribution in [0.25, 0.3) is 0 Å². The maximum Gasteiger partial charge on any atom is 0.320 e. The minimum atomic E-state index is -0.166. The number of nitrogens with one attached hydrogen (secondary N) is 1. The number of hydrogen-bond acceptors (Lipinski definition) is 7.